The van der Waals surface area contributed by atoms with Crippen LogP contribution in [0.5, 0.6) is 0 Å². The van der Waals surface area contributed by atoms with Crippen LogP contribution < -0.4 is 5.73 Å². The van der Waals surface area contributed by atoms with Crippen LogP contribution in [0.3, 0.4) is 0 Å². The summed E-state index contributed by atoms with van der Waals surface area (Å²) in [5.74, 6) is 0.546. The SMILES string of the molecule is Cc1c(CC(=O)N2CCC(CN)C2)nnn1-c1ccccc1. The van der Waals surface area contributed by atoms with Gasteiger partial charge in [-0.3, -0.25) is 4.79 Å². The van der Waals surface area contributed by atoms with E-state index in [2.05, 4.69) is 10.3 Å². The van der Waals surface area contributed by atoms with Crippen molar-refractivity contribution in [3.63, 3.8) is 0 Å². The molecule has 2 N–H and O–H groups in total. The Balaban J connectivity index is 1.71. The summed E-state index contributed by atoms with van der Waals surface area (Å²) in [4.78, 5) is 14.3. The summed E-state index contributed by atoms with van der Waals surface area (Å²) in [5, 5.41) is 8.36. The summed E-state index contributed by atoms with van der Waals surface area (Å²) in [6.07, 6.45) is 1.30. The Labute approximate surface area is 129 Å². The highest BCUT2D eigenvalue weighted by atomic mass is 16.2. The van der Waals surface area contributed by atoms with E-state index in [0.717, 1.165) is 36.6 Å². The molecule has 1 saturated heterocycles. The fourth-order valence-corrected chi connectivity index (χ4v) is 2.84. The van der Waals surface area contributed by atoms with E-state index in [4.69, 9.17) is 5.73 Å². The van der Waals surface area contributed by atoms with Crippen LogP contribution in [-0.4, -0.2) is 45.4 Å². The van der Waals surface area contributed by atoms with Gasteiger partial charge in [0, 0.05) is 13.1 Å². The zero-order valence-corrected chi connectivity index (χ0v) is 12.8. The molecular weight excluding hydrogens is 278 g/mol. The lowest BCUT2D eigenvalue weighted by atomic mass is 10.1. The van der Waals surface area contributed by atoms with Gasteiger partial charge in [0.2, 0.25) is 5.91 Å². The molecule has 6 nitrogen and oxygen atoms in total. The number of carbonyl (C=O) groups is 1. The number of nitrogens with two attached hydrogens (primary N) is 1. The molecular formula is C16H21N5O. The van der Waals surface area contributed by atoms with Crippen LogP contribution in [-0.2, 0) is 11.2 Å². The second-order valence-electron chi connectivity index (χ2n) is 5.78. The molecule has 0 bridgehead atoms. The molecule has 0 spiro atoms. The largest absolute Gasteiger partial charge is 0.342 e. The topological polar surface area (TPSA) is 77.0 Å². The Kier molecular flexibility index (Phi) is 4.20. The average molecular weight is 299 g/mol. The summed E-state index contributed by atoms with van der Waals surface area (Å²) in [6, 6.07) is 9.82. The van der Waals surface area contributed by atoms with Gasteiger partial charge in [0.1, 0.15) is 0 Å². The van der Waals surface area contributed by atoms with E-state index in [0.29, 0.717) is 18.9 Å². The Morgan fingerprint density at radius 3 is 2.82 bits per heavy atom. The monoisotopic (exact) mass is 299 g/mol. The number of rotatable bonds is 4. The van der Waals surface area contributed by atoms with Crippen LogP contribution in [0, 0.1) is 12.8 Å². The van der Waals surface area contributed by atoms with E-state index in [1.54, 1.807) is 4.68 Å². The van der Waals surface area contributed by atoms with Crippen LogP contribution >= 0.6 is 0 Å². The third kappa shape index (κ3) is 2.87. The number of para-hydroxylation sites is 1. The van der Waals surface area contributed by atoms with E-state index in [1.165, 1.54) is 0 Å². The number of nitrogens with zero attached hydrogens (tertiary/aromatic N) is 4. The van der Waals surface area contributed by atoms with Crippen molar-refractivity contribution in [1.82, 2.24) is 19.9 Å². The number of benzene rings is 1. The quantitative estimate of drug-likeness (QED) is 0.911. The fourth-order valence-electron chi connectivity index (χ4n) is 2.84. The number of hydrogen-bond donors (Lipinski definition) is 1. The van der Waals surface area contributed by atoms with Gasteiger partial charge in [0.05, 0.1) is 23.5 Å². The second-order valence-corrected chi connectivity index (χ2v) is 5.78. The second kappa shape index (κ2) is 6.27. The lowest BCUT2D eigenvalue weighted by Gasteiger charge is -2.15. The van der Waals surface area contributed by atoms with Crippen LogP contribution in [0.15, 0.2) is 30.3 Å². The molecule has 2 heterocycles. The number of carbonyl (C=O) groups excluding carboxylic acids is 1. The van der Waals surface area contributed by atoms with Gasteiger partial charge in [-0.25, -0.2) is 4.68 Å². The highest BCUT2D eigenvalue weighted by Gasteiger charge is 2.26. The number of aromatic nitrogens is 3. The Morgan fingerprint density at radius 2 is 2.14 bits per heavy atom. The van der Waals surface area contributed by atoms with Gasteiger partial charge in [-0.1, -0.05) is 23.4 Å². The minimum Gasteiger partial charge on any atom is -0.342 e. The van der Waals surface area contributed by atoms with Crippen LogP contribution in [0.4, 0.5) is 0 Å². The molecule has 1 fully saturated rings. The van der Waals surface area contributed by atoms with Gasteiger partial charge in [-0.05, 0) is 37.9 Å². The zero-order chi connectivity index (χ0) is 15.5. The van der Waals surface area contributed by atoms with Crippen LogP contribution in [0.25, 0.3) is 5.69 Å². The zero-order valence-electron chi connectivity index (χ0n) is 12.8. The van der Waals surface area contributed by atoms with Gasteiger partial charge in [-0.2, -0.15) is 0 Å². The van der Waals surface area contributed by atoms with Crippen molar-refractivity contribution in [2.45, 2.75) is 19.8 Å². The summed E-state index contributed by atoms with van der Waals surface area (Å²) < 4.78 is 1.77. The lowest BCUT2D eigenvalue weighted by molar-refractivity contribution is -0.129. The van der Waals surface area contributed by atoms with Crippen molar-refractivity contribution in [3.05, 3.63) is 41.7 Å². The third-order valence-corrected chi connectivity index (χ3v) is 4.28. The first kappa shape index (κ1) is 14.7. The van der Waals surface area contributed by atoms with Crippen LogP contribution in [0.1, 0.15) is 17.8 Å². The summed E-state index contributed by atoms with van der Waals surface area (Å²) >= 11 is 0. The Bertz CT molecular complexity index is 652. The van der Waals surface area contributed by atoms with Crippen molar-refractivity contribution < 1.29 is 4.79 Å². The smallest absolute Gasteiger partial charge is 0.228 e. The summed E-state index contributed by atoms with van der Waals surface area (Å²) in [7, 11) is 0. The molecule has 1 aromatic heterocycles. The standard InChI is InChI=1S/C16H21N5O/c1-12-15(9-16(22)20-8-7-13(10-17)11-20)18-19-21(12)14-5-3-2-4-6-14/h2-6,13H,7-11,17H2,1H3. The highest BCUT2D eigenvalue weighted by Crippen LogP contribution is 2.17. The normalized spacial score (nSPS) is 17.9. The first-order valence-corrected chi connectivity index (χ1v) is 7.63. The maximum Gasteiger partial charge on any atom is 0.228 e. The molecule has 1 aliphatic heterocycles. The maximum absolute atomic E-state index is 12.4. The fraction of sp³-hybridized carbons (Fsp3) is 0.438. The van der Waals surface area contributed by atoms with E-state index in [9.17, 15) is 4.79 Å². The highest BCUT2D eigenvalue weighted by molar-refractivity contribution is 5.78. The molecule has 0 radical (unpaired) electrons. The molecule has 1 amide bonds. The molecule has 1 aromatic carbocycles. The minimum absolute atomic E-state index is 0.110. The van der Waals surface area contributed by atoms with Gasteiger partial charge in [0.15, 0.2) is 0 Å². The lowest BCUT2D eigenvalue weighted by Crippen LogP contribution is -2.31. The predicted octanol–water partition coefficient (Wildman–Crippen LogP) is 0.925. The molecule has 1 aliphatic rings. The molecule has 6 heteroatoms. The summed E-state index contributed by atoms with van der Waals surface area (Å²) in [6.45, 7) is 4.16. The predicted molar refractivity (Wildman–Crippen MR) is 83.5 cm³/mol. The van der Waals surface area contributed by atoms with Gasteiger partial charge >= 0.3 is 0 Å². The van der Waals surface area contributed by atoms with Crippen molar-refractivity contribution >= 4 is 5.91 Å². The van der Waals surface area contributed by atoms with Gasteiger partial charge in [0.25, 0.3) is 0 Å². The van der Waals surface area contributed by atoms with E-state index in [1.807, 2.05) is 42.2 Å². The minimum atomic E-state index is 0.110. The number of likely N-dealkylation sites (tertiary alicyclic amines) is 1. The van der Waals surface area contributed by atoms with Gasteiger partial charge in [-0.15, -0.1) is 5.10 Å². The molecule has 116 valence electrons. The van der Waals surface area contributed by atoms with Crippen molar-refractivity contribution in [1.29, 1.82) is 0 Å². The first-order valence-electron chi connectivity index (χ1n) is 7.63. The maximum atomic E-state index is 12.4. The molecule has 0 saturated carbocycles. The first-order chi connectivity index (χ1) is 10.7. The number of hydrogen-bond acceptors (Lipinski definition) is 4. The van der Waals surface area contributed by atoms with Crippen molar-refractivity contribution in [3.8, 4) is 5.69 Å². The van der Waals surface area contributed by atoms with E-state index < -0.39 is 0 Å². The van der Waals surface area contributed by atoms with Crippen molar-refractivity contribution in [2.75, 3.05) is 19.6 Å². The molecule has 2 aromatic rings. The molecule has 1 unspecified atom stereocenters. The molecule has 1 atom stereocenters. The van der Waals surface area contributed by atoms with E-state index >= 15 is 0 Å². The Morgan fingerprint density at radius 1 is 1.36 bits per heavy atom. The third-order valence-electron chi connectivity index (χ3n) is 4.28. The van der Waals surface area contributed by atoms with E-state index in [-0.39, 0.29) is 5.91 Å². The number of amides is 1. The van der Waals surface area contributed by atoms with Crippen molar-refractivity contribution in [2.24, 2.45) is 11.7 Å². The summed E-state index contributed by atoms with van der Waals surface area (Å²) in [5.41, 5.74) is 8.28. The van der Waals surface area contributed by atoms with Crippen LogP contribution in [0.2, 0.25) is 0 Å². The van der Waals surface area contributed by atoms with Gasteiger partial charge < -0.3 is 10.6 Å². The molecule has 22 heavy (non-hydrogen) atoms. The average Bonchev–Trinajstić information content (AvgIpc) is 3.16. The molecule has 3 rings (SSSR count). The molecule has 0 aliphatic carbocycles. The Hall–Kier alpha value is -2.21.